The monoisotopic (exact) mass is 412 g/mol. The molecule has 1 amide bonds. The van der Waals surface area contributed by atoms with Crippen molar-refractivity contribution in [1.82, 2.24) is 4.98 Å². The summed E-state index contributed by atoms with van der Waals surface area (Å²) in [5, 5.41) is 7.89. The van der Waals surface area contributed by atoms with Crippen molar-refractivity contribution in [3.05, 3.63) is 57.4 Å². The van der Waals surface area contributed by atoms with Gasteiger partial charge in [0.2, 0.25) is 0 Å². The average Bonchev–Trinajstić information content (AvgIpc) is 3.25. The summed E-state index contributed by atoms with van der Waals surface area (Å²) in [6.45, 7) is 4.11. The van der Waals surface area contributed by atoms with E-state index in [-0.39, 0.29) is 11.9 Å². The minimum atomic E-state index is -0.375. The zero-order valence-electron chi connectivity index (χ0n) is 15.7. The van der Waals surface area contributed by atoms with Gasteiger partial charge in [-0.1, -0.05) is 29.8 Å². The Labute approximate surface area is 171 Å². The molecule has 4 rings (SSSR count). The number of ether oxygens (including phenoxy) is 1. The van der Waals surface area contributed by atoms with E-state index in [1.807, 2.05) is 36.6 Å². The van der Waals surface area contributed by atoms with Crippen molar-refractivity contribution in [3.8, 4) is 10.6 Å². The summed E-state index contributed by atoms with van der Waals surface area (Å²) in [5.74, 6) is -0.294. The van der Waals surface area contributed by atoms with Gasteiger partial charge in [0, 0.05) is 10.9 Å². The van der Waals surface area contributed by atoms with Crippen LogP contribution in [0, 0.1) is 6.92 Å². The third-order valence-corrected chi connectivity index (χ3v) is 6.38. The lowest BCUT2D eigenvalue weighted by atomic mass is 10.1. The van der Waals surface area contributed by atoms with Gasteiger partial charge in [-0.3, -0.25) is 4.79 Å². The number of carbonyl (C=O) groups excluding carboxylic acids is 2. The molecule has 0 spiro atoms. The quantitative estimate of drug-likeness (QED) is 0.544. The van der Waals surface area contributed by atoms with E-state index >= 15 is 0 Å². The van der Waals surface area contributed by atoms with Crippen molar-refractivity contribution >= 4 is 39.6 Å². The van der Waals surface area contributed by atoms with Gasteiger partial charge in [-0.05, 0) is 43.6 Å². The zero-order chi connectivity index (χ0) is 19.7. The van der Waals surface area contributed by atoms with Crippen LogP contribution in [0.3, 0.4) is 0 Å². The fourth-order valence-corrected chi connectivity index (χ4v) is 4.78. The van der Waals surface area contributed by atoms with Gasteiger partial charge < -0.3 is 10.1 Å². The topological polar surface area (TPSA) is 68.3 Å². The Balaban J connectivity index is 1.56. The zero-order valence-corrected chi connectivity index (χ0v) is 17.3. The molecule has 1 aliphatic carbocycles. The van der Waals surface area contributed by atoms with E-state index in [2.05, 4.69) is 10.3 Å². The van der Waals surface area contributed by atoms with E-state index in [9.17, 15) is 9.59 Å². The molecule has 1 fully saturated rings. The number of hydrogen-bond donors (Lipinski definition) is 1. The van der Waals surface area contributed by atoms with Crippen LogP contribution in [0.1, 0.15) is 57.7 Å². The molecule has 2 aromatic heterocycles. The van der Waals surface area contributed by atoms with Crippen LogP contribution in [0.4, 0.5) is 5.00 Å². The van der Waals surface area contributed by atoms with Crippen LogP contribution in [0.5, 0.6) is 0 Å². The Morgan fingerprint density at radius 2 is 1.93 bits per heavy atom. The molecule has 7 heteroatoms. The Morgan fingerprint density at radius 1 is 1.18 bits per heavy atom. The molecule has 28 heavy (non-hydrogen) atoms. The highest BCUT2D eigenvalue weighted by molar-refractivity contribution is 7.15. The molecule has 2 heterocycles. The van der Waals surface area contributed by atoms with Crippen molar-refractivity contribution in [2.45, 2.75) is 32.6 Å². The lowest BCUT2D eigenvalue weighted by Crippen LogP contribution is -2.15. The molecular weight excluding hydrogens is 392 g/mol. The van der Waals surface area contributed by atoms with Crippen molar-refractivity contribution in [2.24, 2.45) is 0 Å². The maximum absolute atomic E-state index is 12.7. The maximum atomic E-state index is 12.7. The third kappa shape index (κ3) is 3.86. The molecule has 0 saturated heterocycles. The number of benzene rings is 1. The van der Waals surface area contributed by atoms with Crippen LogP contribution in [0.2, 0.25) is 0 Å². The number of hydrogen-bond acceptors (Lipinski definition) is 6. The normalized spacial score (nSPS) is 13.4. The predicted octanol–water partition coefficient (Wildman–Crippen LogP) is 5.49. The number of nitrogens with one attached hydrogen (secondary N) is 1. The number of anilines is 1. The summed E-state index contributed by atoms with van der Waals surface area (Å²) in [6.07, 6.45) is 2.14. The van der Waals surface area contributed by atoms with Crippen molar-refractivity contribution in [3.63, 3.8) is 0 Å². The molecule has 0 aliphatic heterocycles. The highest BCUT2D eigenvalue weighted by atomic mass is 32.1. The number of aryl methyl sites for hydroxylation is 1. The second-order valence-corrected chi connectivity index (χ2v) is 8.49. The molecular formula is C21H20N2O3S2. The molecule has 1 saturated carbocycles. The predicted molar refractivity (Wildman–Crippen MR) is 112 cm³/mol. The van der Waals surface area contributed by atoms with Crippen molar-refractivity contribution in [2.75, 3.05) is 11.9 Å². The van der Waals surface area contributed by atoms with Gasteiger partial charge in [0.25, 0.3) is 5.91 Å². The minimum absolute atomic E-state index is 0.304. The van der Waals surface area contributed by atoms with Gasteiger partial charge in [0.15, 0.2) is 0 Å². The molecule has 1 N–H and O–H groups in total. The molecule has 1 aliphatic rings. The molecule has 5 nitrogen and oxygen atoms in total. The molecule has 0 radical (unpaired) electrons. The number of thiophene rings is 1. The summed E-state index contributed by atoms with van der Waals surface area (Å²) in [7, 11) is 0. The Kier molecular flexibility index (Phi) is 5.28. The second-order valence-electron chi connectivity index (χ2n) is 6.75. The van der Waals surface area contributed by atoms with Crippen molar-refractivity contribution < 1.29 is 14.3 Å². The Bertz CT molecular complexity index is 1020. The molecule has 0 unspecified atom stereocenters. The Hall–Kier alpha value is -2.51. The summed E-state index contributed by atoms with van der Waals surface area (Å²) >= 11 is 2.80. The molecule has 0 atom stereocenters. The fourth-order valence-electron chi connectivity index (χ4n) is 2.95. The minimum Gasteiger partial charge on any atom is -0.462 e. The largest absolute Gasteiger partial charge is 0.462 e. The SMILES string of the molecule is CCOC(=O)c1c(C2CC2)csc1NC(=O)c1csc(-c2ccc(C)cc2)n1. The lowest BCUT2D eigenvalue weighted by molar-refractivity contribution is 0.0527. The molecule has 3 aromatic rings. The number of esters is 1. The van der Waals surface area contributed by atoms with E-state index in [1.54, 1.807) is 12.3 Å². The van der Waals surface area contributed by atoms with Crippen LogP contribution >= 0.6 is 22.7 Å². The smallest absolute Gasteiger partial charge is 0.341 e. The summed E-state index contributed by atoms with van der Waals surface area (Å²) in [4.78, 5) is 29.6. The van der Waals surface area contributed by atoms with Gasteiger partial charge >= 0.3 is 5.97 Å². The maximum Gasteiger partial charge on any atom is 0.341 e. The van der Waals surface area contributed by atoms with Crippen LogP contribution in [0.25, 0.3) is 10.6 Å². The first-order valence-electron chi connectivity index (χ1n) is 9.19. The molecule has 144 valence electrons. The standard InChI is InChI=1S/C21H20N2O3S2/c1-3-26-21(25)17-15(13-8-9-13)10-27-20(17)23-18(24)16-11-28-19(22-16)14-6-4-12(2)5-7-14/h4-7,10-11,13H,3,8-9H2,1-2H3,(H,23,24). The van der Waals surface area contributed by atoms with E-state index in [0.29, 0.717) is 28.8 Å². The highest BCUT2D eigenvalue weighted by Crippen LogP contribution is 2.46. The number of carbonyl (C=O) groups is 2. The van der Waals surface area contributed by atoms with Gasteiger partial charge in [-0.25, -0.2) is 9.78 Å². The van der Waals surface area contributed by atoms with E-state index in [4.69, 9.17) is 4.74 Å². The lowest BCUT2D eigenvalue weighted by Gasteiger charge is -2.07. The highest BCUT2D eigenvalue weighted by Gasteiger charge is 2.32. The van der Waals surface area contributed by atoms with Gasteiger partial charge in [-0.15, -0.1) is 22.7 Å². The first-order valence-corrected chi connectivity index (χ1v) is 10.9. The van der Waals surface area contributed by atoms with Crippen LogP contribution in [0.15, 0.2) is 35.0 Å². The van der Waals surface area contributed by atoms with Crippen LogP contribution in [-0.4, -0.2) is 23.5 Å². The van der Waals surface area contributed by atoms with Gasteiger partial charge in [0.05, 0.1) is 12.2 Å². The molecule has 0 bridgehead atoms. The average molecular weight is 413 g/mol. The summed E-state index contributed by atoms with van der Waals surface area (Å²) in [5.41, 5.74) is 3.98. The Morgan fingerprint density at radius 3 is 2.61 bits per heavy atom. The summed E-state index contributed by atoms with van der Waals surface area (Å²) < 4.78 is 5.21. The fraction of sp³-hybridized carbons (Fsp3) is 0.286. The first-order chi connectivity index (χ1) is 13.6. The number of thiazole rings is 1. The van der Waals surface area contributed by atoms with Crippen molar-refractivity contribution in [1.29, 1.82) is 0 Å². The molecule has 1 aromatic carbocycles. The number of amides is 1. The third-order valence-electron chi connectivity index (χ3n) is 4.58. The van der Waals surface area contributed by atoms with Crippen LogP contribution in [-0.2, 0) is 4.74 Å². The van der Waals surface area contributed by atoms with E-state index < -0.39 is 0 Å². The van der Waals surface area contributed by atoms with E-state index in [0.717, 1.165) is 29.0 Å². The summed E-state index contributed by atoms with van der Waals surface area (Å²) in [6, 6.07) is 8.03. The van der Waals surface area contributed by atoms with Gasteiger partial charge in [0.1, 0.15) is 15.7 Å². The van der Waals surface area contributed by atoms with E-state index in [1.165, 1.54) is 28.2 Å². The number of rotatable bonds is 6. The second kappa shape index (κ2) is 7.85. The first kappa shape index (κ1) is 18.8. The van der Waals surface area contributed by atoms with Crippen LogP contribution < -0.4 is 5.32 Å². The van der Waals surface area contributed by atoms with Gasteiger partial charge in [-0.2, -0.15) is 0 Å². The number of nitrogens with zero attached hydrogens (tertiary/aromatic N) is 1. The number of aromatic nitrogens is 1.